The van der Waals surface area contributed by atoms with Gasteiger partial charge in [-0.1, -0.05) is 121 Å². The van der Waals surface area contributed by atoms with Crippen LogP contribution in [-0.2, 0) is 19.0 Å². The van der Waals surface area contributed by atoms with Gasteiger partial charge in [0.1, 0.15) is 11.6 Å². The Hall–Kier alpha value is -5.19. The van der Waals surface area contributed by atoms with Crippen LogP contribution in [0.5, 0.6) is 0 Å². The van der Waals surface area contributed by atoms with Crippen LogP contribution in [0.25, 0.3) is 11.1 Å². The Morgan fingerprint density at radius 3 is 1.75 bits per heavy atom. The summed E-state index contributed by atoms with van der Waals surface area (Å²) < 4.78 is 10.1. The zero-order chi connectivity index (χ0) is 40.0. The molecule has 5 aromatic carbocycles. The monoisotopic (exact) mass is 789 g/mol. The van der Waals surface area contributed by atoms with Gasteiger partial charge in [0.05, 0.1) is 17.9 Å². The average Bonchev–Trinajstić information content (AvgIpc) is 3.22. The Kier molecular flexibility index (Phi) is 15.1. The first-order chi connectivity index (χ1) is 27.0. The number of methoxy groups -OCH3 is 1. The maximum absolute atomic E-state index is 13.8. The van der Waals surface area contributed by atoms with Crippen LogP contribution < -0.4 is 16.0 Å². The van der Waals surface area contributed by atoms with Gasteiger partial charge >= 0.3 is 12.1 Å². The van der Waals surface area contributed by atoms with E-state index < -0.39 is 28.5 Å². The molecule has 56 heavy (non-hydrogen) atoms. The molecular formula is C46H51N3O5S2. The smallest absolute Gasteiger partial charge is 0.407 e. The second-order valence-electron chi connectivity index (χ2n) is 14.3. The van der Waals surface area contributed by atoms with Crippen molar-refractivity contribution in [2.75, 3.05) is 36.7 Å². The molecule has 2 atom stereocenters. The minimum Gasteiger partial charge on any atom is -0.467 e. The zero-order valence-corrected chi connectivity index (χ0v) is 34.3. The van der Waals surface area contributed by atoms with Crippen molar-refractivity contribution in [3.8, 4) is 11.1 Å². The Labute approximate surface area is 339 Å². The van der Waals surface area contributed by atoms with Crippen LogP contribution in [0, 0.1) is 0 Å². The Morgan fingerprint density at radius 2 is 1.25 bits per heavy atom. The van der Waals surface area contributed by atoms with Crippen molar-refractivity contribution in [2.45, 2.75) is 49.6 Å². The highest BCUT2D eigenvalue weighted by atomic mass is 32.2. The minimum atomic E-state index is -0.770. The molecule has 0 bridgehead atoms. The molecule has 0 spiro atoms. The van der Waals surface area contributed by atoms with Crippen molar-refractivity contribution in [2.24, 2.45) is 0 Å². The maximum atomic E-state index is 13.8. The molecule has 5 rings (SSSR count). The number of carbonyl (C=O) groups excluding carboxylic acids is 3. The van der Waals surface area contributed by atoms with Gasteiger partial charge in [-0.25, -0.2) is 9.59 Å². The summed E-state index contributed by atoms with van der Waals surface area (Å²) in [5.41, 5.74) is 5.41. The minimum absolute atomic E-state index is 0.361. The number of alkyl carbamates (subject to hydrolysis) is 1. The number of hydrogen-bond donors (Lipinski definition) is 3. The normalized spacial score (nSPS) is 12.5. The molecule has 0 aliphatic carbocycles. The zero-order valence-electron chi connectivity index (χ0n) is 32.6. The number of hydrogen-bond acceptors (Lipinski definition) is 8. The van der Waals surface area contributed by atoms with E-state index in [2.05, 4.69) is 88.7 Å². The first-order valence-electron chi connectivity index (χ1n) is 18.6. The van der Waals surface area contributed by atoms with Crippen LogP contribution in [0.4, 0.5) is 10.5 Å². The highest BCUT2D eigenvalue weighted by Crippen LogP contribution is 2.48. The molecule has 0 fully saturated rings. The van der Waals surface area contributed by atoms with Crippen LogP contribution in [-0.4, -0.2) is 67.1 Å². The summed E-state index contributed by atoms with van der Waals surface area (Å²) in [6.45, 7) is 5.90. The quantitative estimate of drug-likeness (QED) is 0.0633. The number of ether oxygens (including phenoxy) is 2. The molecule has 0 saturated carbocycles. The molecule has 2 amide bonds. The number of amides is 2. The summed E-state index contributed by atoms with van der Waals surface area (Å²) in [5.74, 6) is 0.354. The van der Waals surface area contributed by atoms with Gasteiger partial charge in [-0.05, 0) is 85.2 Å². The summed E-state index contributed by atoms with van der Waals surface area (Å²) in [6, 6.07) is 45.4. The largest absolute Gasteiger partial charge is 0.467 e. The van der Waals surface area contributed by atoms with Crippen molar-refractivity contribution in [3.63, 3.8) is 0 Å². The molecule has 292 valence electrons. The maximum Gasteiger partial charge on any atom is 0.407 e. The van der Waals surface area contributed by atoms with E-state index in [9.17, 15) is 14.4 Å². The lowest BCUT2D eigenvalue weighted by atomic mass is 9.84. The van der Waals surface area contributed by atoms with E-state index in [-0.39, 0.29) is 11.9 Å². The number of esters is 1. The number of nitrogens with one attached hydrogen (secondary N) is 3. The van der Waals surface area contributed by atoms with E-state index in [1.807, 2.05) is 87.7 Å². The van der Waals surface area contributed by atoms with E-state index in [4.69, 9.17) is 9.47 Å². The molecule has 8 nitrogen and oxygen atoms in total. The summed E-state index contributed by atoms with van der Waals surface area (Å²) >= 11 is 3.35. The number of rotatable bonds is 17. The van der Waals surface area contributed by atoms with Crippen molar-refractivity contribution in [1.82, 2.24) is 10.6 Å². The van der Waals surface area contributed by atoms with Crippen molar-refractivity contribution in [3.05, 3.63) is 162 Å². The van der Waals surface area contributed by atoms with Gasteiger partial charge in [0.15, 0.2) is 0 Å². The number of anilines is 1. The topological polar surface area (TPSA) is 106 Å². The van der Waals surface area contributed by atoms with Crippen molar-refractivity contribution >= 4 is 47.2 Å². The molecule has 0 heterocycles. The van der Waals surface area contributed by atoms with Gasteiger partial charge in [-0.2, -0.15) is 11.8 Å². The molecule has 0 radical (unpaired) electrons. The fraction of sp³-hybridized carbons (Fsp3) is 0.283. The molecule has 0 aliphatic heterocycles. The fourth-order valence-electron chi connectivity index (χ4n) is 6.43. The van der Waals surface area contributed by atoms with Crippen molar-refractivity contribution < 1.29 is 23.9 Å². The molecule has 3 N–H and O–H groups in total. The summed E-state index contributed by atoms with van der Waals surface area (Å²) in [4.78, 5) is 39.7. The predicted molar refractivity (Wildman–Crippen MR) is 231 cm³/mol. The molecule has 10 heteroatoms. The summed E-state index contributed by atoms with van der Waals surface area (Å²) in [7, 11) is 1.32. The van der Waals surface area contributed by atoms with Gasteiger partial charge in [-0.15, -0.1) is 11.8 Å². The first kappa shape index (κ1) is 42.0. The molecular weight excluding hydrogens is 739 g/mol. The van der Waals surface area contributed by atoms with Gasteiger partial charge < -0.3 is 25.4 Å². The van der Waals surface area contributed by atoms with E-state index in [1.54, 1.807) is 29.6 Å². The highest BCUT2D eigenvalue weighted by molar-refractivity contribution is 8.00. The summed E-state index contributed by atoms with van der Waals surface area (Å²) in [6.07, 6.45) is 1.89. The van der Waals surface area contributed by atoms with Gasteiger partial charge in [0.2, 0.25) is 0 Å². The average molecular weight is 790 g/mol. The molecule has 0 saturated heterocycles. The lowest BCUT2D eigenvalue weighted by molar-refractivity contribution is -0.142. The van der Waals surface area contributed by atoms with E-state index >= 15 is 0 Å². The van der Waals surface area contributed by atoms with E-state index in [0.717, 1.165) is 27.9 Å². The third kappa shape index (κ3) is 11.2. The van der Waals surface area contributed by atoms with Gasteiger partial charge in [0.25, 0.3) is 5.91 Å². The van der Waals surface area contributed by atoms with Gasteiger partial charge in [-0.3, -0.25) is 4.79 Å². The molecule has 0 unspecified atom stereocenters. The molecule has 0 aromatic heterocycles. The molecule has 5 aromatic rings. The van der Waals surface area contributed by atoms with Crippen LogP contribution in [0.2, 0.25) is 0 Å². The number of carbonyl (C=O) groups is 3. The second kappa shape index (κ2) is 20.1. The second-order valence-corrected chi connectivity index (χ2v) is 16.5. The highest BCUT2D eigenvalue weighted by Gasteiger charge is 2.38. The summed E-state index contributed by atoms with van der Waals surface area (Å²) in [5, 5.41) is 9.59. The first-order valence-corrected chi connectivity index (χ1v) is 21.0. The SMILES string of the molecule is COC(=O)[C@H](CCSC)NC(=O)c1ccc(NC[C@H](CSC(c2ccccc2)(c2ccccc2)c2ccccc2)NC(=O)OC(C)(C)C)cc1-c1ccccc1. The van der Waals surface area contributed by atoms with Crippen LogP contribution in [0.3, 0.4) is 0 Å². The lowest BCUT2D eigenvalue weighted by Gasteiger charge is -2.37. The van der Waals surface area contributed by atoms with Crippen LogP contribution >= 0.6 is 23.5 Å². The Morgan fingerprint density at radius 1 is 0.714 bits per heavy atom. The van der Waals surface area contributed by atoms with Crippen LogP contribution in [0.15, 0.2) is 140 Å². The van der Waals surface area contributed by atoms with Crippen LogP contribution in [0.1, 0.15) is 54.2 Å². The Balaban J connectivity index is 1.48. The third-order valence-corrected chi connectivity index (χ3v) is 11.4. The van der Waals surface area contributed by atoms with E-state index in [1.165, 1.54) is 7.11 Å². The fourth-order valence-corrected chi connectivity index (χ4v) is 8.46. The third-order valence-electron chi connectivity index (χ3n) is 9.07. The standard InChI is InChI=1S/C46H51N3O5S2/c1-45(2,3)54-44(52)48-38(32-56-46(34-20-12-7-13-21-34,35-22-14-8-15-23-35)36-24-16-9-17-25-36)31-47-37-26-27-39(40(30-37)33-18-10-6-11-19-33)42(50)49-41(28-29-55-5)43(51)53-4/h6-27,30,38,41,47H,28-29,31-32H2,1-5H3,(H,48,52)(H,49,50)/t38-,41+/m1/s1. The predicted octanol–water partition coefficient (Wildman–Crippen LogP) is 9.41. The van der Waals surface area contributed by atoms with E-state index in [0.29, 0.717) is 35.6 Å². The van der Waals surface area contributed by atoms with Crippen molar-refractivity contribution in [1.29, 1.82) is 0 Å². The number of thioether (sulfide) groups is 2. The lowest BCUT2D eigenvalue weighted by Crippen LogP contribution is -2.45. The van der Waals surface area contributed by atoms with Gasteiger partial charge in [0, 0.05) is 23.5 Å². The number of benzene rings is 5. The Bertz CT molecular complexity index is 1910. The molecule has 0 aliphatic rings.